The molecule has 102 valence electrons. The maximum Gasteiger partial charge on any atom is 0.329 e. The summed E-state index contributed by atoms with van der Waals surface area (Å²) in [7, 11) is 0. The largest absolute Gasteiger partial charge is 0.480 e. The van der Waals surface area contributed by atoms with Gasteiger partial charge in [0.15, 0.2) is 0 Å². The molecule has 0 aromatic heterocycles. The summed E-state index contributed by atoms with van der Waals surface area (Å²) in [4.78, 5) is 25.4. The van der Waals surface area contributed by atoms with Crippen LogP contribution in [0.5, 0.6) is 0 Å². The molecular formula is C13H21NO4. The molecule has 5 heteroatoms. The van der Waals surface area contributed by atoms with Crippen LogP contribution >= 0.6 is 0 Å². The van der Waals surface area contributed by atoms with Crippen molar-refractivity contribution in [3.63, 3.8) is 0 Å². The summed E-state index contributed by atoms with van der Waals surface area (Å²) in [6.07, 6.45) is 3.47. The third-order valence-corrected chi connectivity index (χ3v) is 4.13. The summed E-state index contributed by atoms with van der Waals surface area (Å²) in [6, 6.07) is 0. The molecule has 5 nitrogen and oxygen atoms in total. The number of aliphatic carboxylic acids is 1. The van der Waals surface area contributed by atoms with Crippen LogP contribution in [0, 0.1) is 0 Å². The summed E-state index contributed by atoms with van der Waals surface area (Å²) >= 11 is 0. The third kappa shape index (κ3) is 2.23. The van der Waals surface area contributed by atoms with Crippen LogP contribution in [0.15, 0.2) is 0 Å². The van der Waals surface area contributed by atoms with Gasteiger partial charge >= 0.3 is 5.97 Å². The van der Waals surface area contributed by atoms with E-state index in [1.165, 1.54) is 4.90 Å². The van der Waals surface area contributed by atoms with Crippen LogP contribution in [0.3, 0.4) is 0 Å². The highest BCUT2D eigenvalue weighted by atomic mass is 16.5. The Balaban J connectivity index is 2.14. The molecule has 2 rings (SSSR count). The number of likely N-dealkylation sites (tertiary alicyclic amines) is 1. The first kappa shape index (κ1) is 13.3. The summed E-state index contributed by atoms with van der Waals surface area (Å²) < 4.78 is 5.57. The normalized spacial score (nSPS) is 36.7. The second-order valence-corrected chi connectivity index (χ2v) is 5.54. The van der Waals surface area contributed by atoms with E-state index in [-0.39, 0.29) is 12.0 Å². The Morgan fingerprint density at radius 2 is 2.06 bits per heavy atom. The molecule has 2 saturated heterocycles. The first-order valence-corrected chi connectivity index (χ1v) is 6.65. The van der Waals surface area contributed by atoms with Gasteiger partial charge in [0.2, 0.25) is 0 Å². The molecule has 1 N–H and O–H groups in total. The van der Waals surface area contributed by atoms with E-state index in [4.69, 9.17) is 4.74 Å². The summed E-state index contributed by atoms with van der Waals surface area (Å²) in [5, 5.41) is 9.38. The topological polar surface area (TPSA) is 66.8 Å². The average molecular weight is 255 g/mol. The fourth-order valence-corrected chi connectivity index (χ4v) is 2.85. The van der Waals surface area contributed by atoms with Gasteiger partial charge in [-0.05, 0) is 46.0 Å². The van der Waals surface area contributed by atoms with Crippen molar-refractivity contribution in [3.8, 4) is 0 Å². The second-order valence-electron chi connectivity index (χ2n) is 5.54. The van der Waals surface area contributed by atoms with E-state index >= 15 is 0 Å². The molecule has 2 fully saturated rings. The van der Waals surface area contributed by atoms with Gasteiger partial charge in [-0.25, -0.2) is 4.79 Å². The summed E-state index contributed by atoms with van der Waals surface area (Å²) in [5.74, 6) is -1.06. The molecule has 1 amide bonds. The monoisotopic (exact) mass is 255 g/mol. The van der Waals surface area contributed by atoms with Crippen molar-refractivity contribution in [1.29, 1.82) is 0 Å². The molecule has 0 bridgehead atoms. The zero-order valence-corrected chi connectivity index (χ0v) is 11.0. The maximum atomic E-state index is 12.4. The fourth-order valence-electron chi connectivity index (χ4n) is 2.85. The highest BCUT2D eigenvalue weighted by Crippen LogP contribution is 2.31. The molecule has 0 spiro atoms. The van der Waals surface area contributed by atoms with Crippen molar-refractivity contribution in [3.05, 3.63) is 0 Å². The van der Waals surface area contributed by atoms with Gasteiger partial charge in [-0.3, -0.25) is 4.79 Å². The fraction of sp³-hybridized carbons (Fsp3) is 0.846. The van der Waals surface area contributed by atoms with Crippen molar-refractivity contribution >= 4 is 11.9 Å². The molecule has 2 aliphatic heterocycles. The van der Waals surface area contributed by atoms with E-state index in [1.54, 1.807) is 6.92 Å². The van der Waals surface area contributed by atoms with Crippen LogP contribution < -0.4 is 0 Å². The number of carbonyl (C=O) groups is 2. The number of amides is 1. The number of piperidine rings is 1. The van der Waals surface area contributed by atoms with Gasteiger partial charge in [0.25, 0.3) is 5.91 Å². The Morgan fingerprint density at radius 1 is 1.33 bits per heavy atom. The molecular weight excluding hydrogens is 234 g/mol. The van der Waals surface area contributed by atoms with Crippen LogP contribution in [-0.2, 0) is 14.3 Å². The molecule has 2 heterocycles. The molecule has 18 heavy (non-hydrogen) atoms. The van der Waals surface area contributed by atoms with E-state index in [0.717, 1.165) is 19.3 Å². The molecule has 0 aliphatic carbocycles. The molecule has 2 aliphatic rings. The lowest BCUT2D eigenvalue weighted by atomic mass is 9.88. The van der Waals surface area contributed by atoms with Gasteiger partial charge in [-0.1, -0.05) is 0 Å². The first-order chi connectivity index (χ1) is 8.45. The van der Waals surface area contributed by atoms with Crippen molar-refractivity contribution in [2.45, 2.75) is 63.7 Å². The second kappa shape index (κ2) is 4.88. The predicted octanol–water partition coefficient (Wildman–Crippen LogP) is 1.41. The van der Waals surface area contributed by atoms with Crippen LogP contribution in [0.4, 0.5) is 0 Å². The molecule has 0 aromatic rings. The van der Waals surface area contributed by atoms with Gasteiger partial charge < -0.3 is 14.7 Å². The van der Waals surface area contributed by atoms with E-state index in [2.05, 4.69) is 0 Å². The Hall–Kier alpha value is -1.10. The van der Waals surface area contributed by atoms with Crippen molar-refractivity contribution in [2.75, 3.05) is 6.54 Å². The SMILES string of the molecule is CC1CCC(C(=O)N2CCCCC2(C)C(=O)O)O1. The highest BCUT2D eigenvalue weighted by Gasteiger charge is 2.46. The van der Waals surface area contributed by atoms with E-state index in [1.807, 2.05) is 6.92 Å². The van der Waals surface area contributed by atoms with Gasteiger partial charge in [-0.15, -0.1) is 0 Å². The Morgan fingerprint density at radius 3 is 2.61 bits per heavy atom. The van der Waals surface area contributed by atoms with Crippen molar-refractivity contribution in [2.24, 2.45) is 0 Å². The summed E-state index contributed by atoms with van der Waals surface area (Å²) in [6.45, 7) is 4.11. The van der Waals surface area contributed by atoms with Gasteiger partial charge in [-0.2, -0.15) is 0 Å². The minimum atomic E-state index is -1.06. The third-order valence-electron chi connectivity index (χ3n) is 4.13. The lowest BCUT2D eigenvalue weighted by molar-refractivity contribution is -0.166. The van der Waals surface area contributed by atoms with Crippen LogP contribution in [-0.4, -0.2) is 46.2 Å². The van der Waals surface area contributed by atoms with E-state index in [9.17, 15) is 14.7 Å². The average Bonchev–Trinajstić information content (AvgIpc) is 2.75. The molecule has 0 saturated carbocycles. The van der Waals surface area contributed by atoms with Crippen molar-refractivity contribution < 1.29 is 19.4 Å². The number of carboxylic acid groups (broad SMARTS) is 1. The number of hydrogen-bond donors (Lipinski definition) is 1. The lowest BCUT2D eigenvalue weighted by Crippen LogP contribution is -2.59. The number of ether oxygens (including phenoxy) is 1. The Bertz CT molecular complexity index is 357. The minimum Gasteiger partial charge on any atom is -0.480 e. The zero-order chi connectivity index (χ0) is 13.3. The minimum absolute atomic E-state index is 0.0971. The smallest absolute Gasteiger partial charge is 0.329 e. The predicted molar refractivity (Wildman–Crippen MR) is 65.2 cm³/mol. The van der Waals surface area contributed by atoms with Gasteiger partial charge in [0, 0.05) is 6.54 Å². The van der Waals surface area contributed by atoms with Crippen LogP contribution in [0.2, 0.25) is 0 Å². The standard InChI is InChI=1S/C13H21NO4/c1-9-5-6-10(18-9)11(15)14-8-4-3-7-13(14,2)12(16)17/h9-10H,3-8H2,1-2H3,(H,16,17). The Kier molecular flexibility index (Phi) is 3.61. The van der Waals surface area contributed by atoms with Crippen molar-refractivity contribution in [1.82, 2.24) is 4.90 Å². The van der Waals surface area contributed by atoms with Crippen LogP contribution in [0.1, 0.15) is 46.0 Å². The van der Waals surface area contributed by atoms with E-state index < -0.39 is 17.6 Å². The molecule has 0 radical (unpaired) electrons. The first-order valence-electron chi connectivity index (χ1n) is 6.65. The summed E-state index contributed by atoms with van der Waals surface area (Å²) in [5.41, 5.74) is -1.06. The number of nitrogens with zero attached hydrogens (tertiary/aromatic N) is 1. The molecule has 0 aromatic carbocycles. The number of hydrogen-bond acceptors (Lipinski definition) is 3. The quantitative estimate of drug-likeness (QED) is 0.810. The van der Waals surface area contributed by atoms with Crippen LogP contribution in [0.25, 0.3) is 0 Å². The zero-order valence-electron chi connectivity index (χ0n) is 11.0. The number of rotatable bonds is 2. The Labute approximate surface area is 107 Å². The maximum absolute atomic E-state index is 12.4. The lowest BCUT2D eigenvalue weighted by Gasteiger charge is -2.42. The van der Waals surface area contributed by atoms with Gasteiger partial charge in [0.05, 0.1) is 6.10 Å². The molecule has 3 atom stereocenters. The number of carboxylic acids is 1. The molecule has 3 unspecified atom stereocenters. The highest BCUT2D eigenvalue weighted by molar-refractivity contribution is 5.89. The van der Waals surface area contributed by atoms with E-state index in [0.29, 0.717) is 19.4 Å². The number of carbonyl (C=O) groups excluding carboxylic acids is 1. The van der Waals surface area contributed by atoms with Gasteiger partial charge in [0.1, 0.15) is 11.6 Å².